The third kappa shape index (κ3) is 2.59. The zero-order valence-corrected chi connectivity index (χ0v) is 12.1. The first-order chi connectivity index (χ1) is 8.83. The van der Waals surface area contributed by atoms with E-state index in [1.54, 1.807) is 0 Å². The number of likely N-dealkylation sites (tertiary alicyclic amines) is 1. The molecule has 0 radical (unpaired) electrons. The summed E-state index contributed by atoms with van der Waals surface area (Å²) < 4.78 is 3.24. The van der Waals surface area contributed by atoms with E-state index in [4.69, 9.17) is 0 Å². The van der Waals surface area contributed by atoms with Gasteiger partial charge in [0.2, 0.25) is 0 Å². The number of halogens is 1. The minimum absolute atomic E-state index is 1.01. The lowest BCUT2D eigenvalue weighted by Gasteiger charge is -2.14. The summed E-state index contributed by atoms with van der Waals surface area (Å²) in [5.74, 6) is 0. The van der Waals surface area contributed by atoms with Crippen molar-refractivity contribution in [2.45, 2.75) is 25.8 Å². The highest BCUT2D eigenvalue weighted by Crippen LogP contribution is 2.19. The van der Waals surface area contributed by atoms with E-state index in [1.807, 2.05) is 6.20 Å². The van der Waals surface area contributed by atoms with Gasteiger partial charge in [0, 0.05) is 16.4 Å². The third-order valence-electron chi connectivity index (χ3n) is 3.65. The van der Waals surface area contributed by atoms with Gasteiger partial charge in [0.15, 0.2) is 0 Å². The zero-order chi connectivity index (χ0) is 12.4. The van der Waals surface area contributed by atoms with Crippen molar-refractivity contribution in [3.05, 3.63) is 28.9 Å². The van der Waals surface area contributed by atoms with E-state index in [0.717, 1.165) is 11.0 Å². The minimum atomic E-state index is 1.01. The molecule has 0 spiro atoms. The number of hydrogen-bond donors (Lipinski definition) is 0. The molecule has 0 bridgehead atoms. The highest BCUT2D eigenvalue weighted by molar-refractivity contribution is 9.10. The Bertz CT molecular complexity index is 529. The van der Waals surface area contributed by atoms with Gasteiger partial charge in [-0.3, -0.25) is 4.68 Å². The van der Waals surface area contributed by atoms with Crippen LogP contribution in [0.4, 0.5) is 0 Å². The van der Waals surface area contributed by atoms with Crippen LogP contribution in [0.5, 0.6) is 0 Å². The van der Waals surface area contributed by atoms with Gasteiger partial charge in [0.05, 0.1) is 11.7 Å². The summed E-state index contributed by atoms with van der Waals surface area (Å²) in [7, 11) is 0. The van der Waals surface area contributed by atoms with Crippen molar-refractivity contribution < 1.29 is 0 Å². The normalized spacial score (nSPS) is 16.7. The molecule has 3 nitrogen and oxygen atoms in total. The van der Waals surface area contributed by atoms with E-state index in [2.05, 4.69) is 48.8 Å². The summed E-state index contributed by atoms with van der Waals surface area (Å²) in [6.07, 6.45) is 5.89. The topological polar surface area (TPSA) is 21.1 Å². The molecule has 18 heavy (non-hydrogen) atoms. The molecule has 0 atom stereocenters. The second-order valence-electron chi connectivity index (χ2n) is 4.97. The molecule has 1 aromatic heterocycles. The van der Waals surface area contributed by atoms with E-state index in [0.29, 0.717) is 0 Å². The molecule has 0 aliphatic carbocycles. The summed E-state index contributed by atoms with van der Waals surface area (Å²) >= 11 is 3.52. The van der Waals surface area contributed by atoms with Crippen LogP contribution in [0.2, 0.25) is 0 Å². The van der Waals surface area contributed by atoms with Gasteiger partial charge in [-0.1, -0.05) is 22.0 Å². The summed E-state index contributed by atoms with van der Waals surface area (Å²) in [6.45, 7) is 4.78. The average Bonchev–Trinajstić information content (AvgIpc) is 2.99. The SMILES string of the molecule is Brc1ccc2cnn(CCCN3CCCC3)c2c1. The monoisotopic (exact) mass is 307 g/mol. The van der Waals surface area contributed by atoms with Crippen LogP contribution in [0.3, 0.4) is 0 Å². The van der Waals surface area contributed by atoms with Crippen molar-refractivity contribution in [2.24, 2.45) is 0 Å². The Morgan fingerprint density at radius 2 is 2.00 bits per heavy atom. The van der Waals surface area contributed by atoms with E-state index < -0.39 is 0 Å². The van der Waals surface area contributed by atoms with Gasteiger partial charge in [-0.15, -0.1) is 0 Å². The molecule has 2 aromatic rings. The summed E-state index contributed by atoms with van der Waals surface area (Å²) in [4.78, 5) is 2.56. The maximum absolute atomic E-state index is 4.48. The van der Waals surface area contributed by atoms with Crippen LogP contribution in [0.1, 0.15) is 19.3 Å². The minimum Gasteiger partial charge on any atom is -0.303 e. The maximum atomic E-state index is 4.48. The largest absolute Gasteiger partial charge is 0.303 e. The molecule has 0 saturated carbocycles. The lowest BCUT2D eigenvalue weighted by molar-refractivity contribution is 0.323. The molecule has 1 aliphatic rings. The van der Waals surface area contributed by atoms with Crippen molar-refractivity contribution in [1.82, 2.24) is 14.7 Å². The number of hydrogen-bond acceptors (Lipinski definition) is 2. The van der Waals surface area contributed by atoms with Gasteiger partial charge >= 0.3 is 0 Å². The van der Waals surface area contributed by atoms with Crippen molar-refractivity contribution >= 4 is 26.8 Å². The second-order valence-corrected chi connectivity index (χ2v) is 5.89. The van der Waals surface area contributed by atoms with Gasteiger partial charge in [-0.25, -0.2) is 0 Å². The number of aryl methyl sites for hydroxylation is 1. The number of benzene rings is 1. The number of aromatic nitrogens is 2. The first-order valence-corrected chi connectivity index (χ1v) is 7.46. The molecule has 2 heterocycles. The molecule has 0 amide bonds. The molecule has 96 valence electrons. The van der Waals surface area contributed by atoms with Crippen molar-refractivity contribution in [2.75, 3.05) is 19.6 Å². The fraction of sp³-hybridized carbons (Fsp3) is 0.500. The quantitative estimate of drug-likeness (QED) is 0.864. The first-order valence-electron chi connectivity index (χ1n) is 6.66. The van der Waals surface area contributed by atoms with Crippen LogP contribution in [0.15, 0.2) is 28.9 Å². The Balaban J connectivity index is 1.65. The fourth-order valence-electron chi connectivity index (χ4n) is 2.67. The Labute approximate surface area is 116 Å². The van der Waals surface area contributed by atoms with Crippen LogP contribution < -0.4 is 0 Å². The molecule has 1 fully saturated rings. The van der Waals surface area contributed by atoms with Crippen LogP contribution in [-0.2, 0) is 6.54 Å². The number of fused-ring (bicyclic) bond motifs is 1. The highest BCUT2D eigenvalue weighted by Gasteiger charge is 2.11. The van der Waals surface area contributed by atoms with Gasteiger partial charge in [0.1, 0.15) is 0 Å². The van der Waals surface area contributed by atoms with Crippen molar-refractivity contribution in [1.29, 1.82) is 0 Å². The maximum Gasteiger partial charge on any atom is 0.0693 e. The number of rotatable bonds is 4. The lowest BCUT2D eigenvalue weighted by atomic mass is 10.2. The van der Waals surface area contributed by atoms with Gasteiger partial charge in [-0.2, -0.15) is 5.10 Å². The van der Waals surface area contributed by atoms with Crippen LogP contribution in [0.25, 0.3) is 10.9 Å². The Hall–Kier alpha value is -0.870. The van der Waals surface area contributed by atoms with Gasteiger partial charge < -0.3 is 4.90 Å². The average molecular weight is 308 g/mol. The molecule has 1 saturated heterocycles. The molecule has 1 aliphatic heterocycles. The predicted octanol–water partition coefficient (Wildman–Crippen LogP) is 3.28. The van der Waals surface area contributed by atoms with Crippen molar-refractivity contribution in [3.63, 3.8) is 0 Å². The third-order valence-corrected chi connectivity index (χ3v) is 4.14. The summed E-state index contributed by atoms with van der Waals surface area (Å²) in [5.41, 5.74) is 1.23. The van der Waals surface area contributed by atoms with E-state index in [1.165, 1.54) is 49.8 Å². The first kappa shape index (κ1) is 12.2. The van der Waals surface area contributed by atoms with Crippen LogP contribution in [0, 0.1) is 0 Å². The molecular formula is C14H18BrN3. The standard InChI is InChI=1S/C14H18BrN3/c15-13-5-4-12-11-16-18(14(12)10-13)9-3-8-17-6-1-2-7-17/h4-5,10-11H,1-3,6-9H2. The summed E-state index contributed by atoms with van der Waals surface area (Å²) in [5, 5.41) is 5.70. The Morgan fingerprint density at radius 1 is 1.17 bits per heavy atom. The molecule has 4 heteroatoms. The second kappa shape index (κ2) is 5.41. The molecule has 0 unspecified atom stereocenters. The highest BCUT2D eigenvalue weighted by atomic mass is 79.9. The van der Waals surface area contributed by atoms with E-state index in [-0.39, 0.29) is 0 Å². The zero-order valence-electron chi connectivity index (χ0n) is 10.5. The molecule has 0 N–H and O–H groups in total. The predicted molar refractivity (Wildman–Crippen MR) is 77.7 cm³/mol. The Kier molecular flexibility index (Phi) is 3.66. The van der Waals surface area contributed by atoms with Gasteiger partial charge in [0.25, 0.3) is 0 Å². The molecule has 3 rings (SSSR count). The van der Waals surface area contributed by atoms with E-state index >= 15 is 0 Å². The van der Waals surface area contributed by atoms with Crippen molar-refractivity contribution in [3.8, 4) is 0 Å². The van der Waals surface area contributed by atoms with Gasteiger partial charge in [-0.05, 0) is 51.0 Å². The summed E-state index contributed by atoms with van der Waals surface area (Å²) in [6, 6.07) is 6.33. The Morgan fingerprint density at radius 3 is 2.83 bits per heavy atom. The van der Waals surface area contributed by atoms with Crippen LogP contribution in [-0.4, -0.2) is 34.3 Å². The molecule has 1 aromatic carbocycles. The molecular weight excluding hydrogens is 290 g/mol. The number of nitrogens with zero attached hydrogens (tertiary/aromatic N) is 3. The van der Waals surface area contributed by atoms with E-state index in [9.17, 15) is 0 Å². The van der Waals surface area contributed by atoms with Crippen LogP contribution >= 0.6 is 15.9 Å². The smallest absolute Gasteiger partial charge is 0.0693 e. The lowest BCUT2D eigenvalue weighted by Crippen LogP contribution is -2.21. The fourth-order valence-corrected chi connectivity index (χ4v) is 3.02.